The van der Waals surface area contributed by atoms with Crippen LogP contribution in [0.25, 0.3) is 5.69 Å². The summed E-state index contributed by atoms with van der Waals surface area (Å²) < 4.78 is 7.30. The van der Waals surface area contributed by atoms with E-state index in [2.05, 4.69) is 15.1 Å². The number of carbonyl (C=O) groups excluding carboxylic acids is 1. The van der Waals surface area contributed by atoms with Crippen LogP contribution in [0.1, 0.15) is 32.9 Å². The van der Waals surface area contributed by atoms with Crippen molar-refractivity contribution in [2.45, 2.75) is 20.8 Å². The number of amides is 1. The number of ether oxygens (including phenoxy) is 1. The molecule has 0 saturated carbocycles. The molecule has 0 saturated heterocycles. The number of hydrogen-bond acceptors (Lipinski definition) is 3. The second-order valence-electron chi connectivity index (χ2n) is 6.55. The molecule has 144 valence electrons. The Kier molecular flexibility index (Phi) is 5.85. The number of halogens is 1. The number of benzene rings is 2. The zero-order chi connectivity index (χ0) is 20.3. The number of rotatable bonds is 5. The molecule has 1 aromatic heterocycles. The Labute approximate surface area is 169 Å². The first-order chi connectivity index (χ1) is 13.4. The molecule has 3 rings (SSSR count). The van der Waals surface area contributed by atoms with Crippen molar-refractivity contribution in [3.63, 3.8) is 0 Å². The highest BCUT2D eigenvalue weighted by Gasteiger charge is 2.11. The molecule has 2 aromatic carbocycles. The molecule has 0 aliphatic carbocycles. The molecule has 0 bridgehead atoms. The van der Waals surface area contributed by atoms with Crippen molar-refractivity contribution in [2.75, 3.05) is 7.11 Å². The first-order valence-electron chi connectivity index (χ1n) is 8.83. The van der Waals surface area contributed by atoms with Gasteiger partial charge in [-0.05, 0) is 57.2 Å². The summed E-state index contributed by atoms with van der Waals surface area (Å²) in [6, 6.07) is 15.0. The molecule has 28 heavy (non-hydrogen) atoms. The standard InChI is InChI=1S/C22H22ClN3O2/c1-14-6-5-7-17(10-14)22(27)25-24-13-18-11-15(2)26(16(18)3)19-8-9-21(28-4)20(23)12-19/h5-13H,1-4H3,(H,25,27)/b24-13-. The lowest BCUT2D eigenvalue weighted by Crippen LogP contribution is -2.17. The third kappa shape index (κ3) is 4.10. The largest absolute Gasteiger partial charge is 0.495 e. The SMILES string of the molecule is COc1ccc(-n2c(C)cc(/C=N\NC(=O)c3cccc(C)c3)c2C)cc1Cl. The zero-order valence-electron chi connectivity index (χ0n) is 16.3. The smallest absolute Gasteiger partial charge is 0.271 e. The highest BCUT2D eigenvalue weighted by Crippen LogP contribution is 2.28. The number of nitrogens with zero attached hydrogens (tertiary/aromatic N) is 2. The van der Waals surface area contributed by atoms with Crippen LogP contribution in [0.4, 0.5) is 0 Å². The molecule has 1 N–H and O–H groups in total. The molecule has 0 spiro atoms. The molecule has 6 heteroatoms. The van der Waals surface area contributed by atoms with Crippen LogP contribution < -0.4 is 10.2 Å². The van der Waals surface area contributed by atoms with Crippen molar-refractivity contribution in [3.05, 3.63) is 81.6 Å². The second-order valence-corrected chi connectivity index (χ2v) is 6.96. The minimum absolute atomic E-state index is 0.240. The summed E-state index contributed by atoms with van der Waals surface area (Å²) in [7, 11) is 1.59. The van der Waals surface area contributed by atoms with Gasteiger partial charge in [0.05, 0.1) is 18.3 Å². The summed E-state index contributed by atoms with van der Waals surface area (Å²) in [5.41, 5.74) is 8.05. The molecule has 0 atom stereocenters. The minimum Gasteiger partial charge on any atom is -0.495 e. The van der Waals surface area contributed by atoms with Crippen molar-refractivity contribution < 1.29 is 9.53 Å². The average Bonchev–Trinajstić information content (AvgIpc) is 2.95. The van der Waals surface area contributed by atoms with E-state index >= 15 is 0 Å². The highest BCUT2D eigenvalue weighted by molar-refractivity contribution is 6.32. The van der Waals surface area contributed by atoms with Gasteiger partial charge in [-0.3, -0.25) is 4.79 Å². The van der Waals surface area contributed by atoms with E-state index in [1.165, 1.54) is 0 Å². The lowest BCUT2D eigenvalue weighted by Gasteiger charge is -2.11. The topological polar surface area (TPSA) is 55.6 Å². The summed E-state index contributed by atoms with van der Waals surface area (Å²) in [6.07, 6.45) is 1.65. The van der Waals surface area contributed by atoms with Crippen molar-refractivity contribution in [3.8, 4) is 11.4 Å². The van der Waals surface area contributed by atoms with Gasteiger partial charge in [-0.1, -0.05) is 29.3 Å². The molecule has 5 nitrogen and oxygen atoms in total. The van der Waals surface area contributed by atoms with Crippen LogP contribution in [0.5, 0.6) is 5.75 Å². The van der Waals surface area contributed by atoms with Crippen LogP contribution in [-0.4, -0.2) is 23.8 Å². The summed E-state index contributed by atoms with van der Waals surface area (Å²) >= 11 is 6.27. The number of aromatic nitrogens is 1. The quantitative estimate of drug-likeness (QED) is 0.497. The van der Waals surface area contributed by atoms with Gasteiger partial charge in [-0.15, -0.1) is 0 Å². The van der Waals surface area contributed by atoms with E-state index < -0.39 is 0 Å². The summed E-state index contributed by atoms with van der Waals surface area (Å²) in [4.78, 5) is 12.2. The van der Waals surface area contributed by atoms with Crippen LogP contribution in [0.2, 0.25) is 5.02 Å². The van der Waals surface area contributed by atoms with Crippen LogP contribution in [-0.2, 0) is 0 Å². The van der Waals surface area contributed by atoms with E-state index in [0.29, 0.717) is 16.3 Å². The predicted molar refractivity (Wildman–Crippen MR) is 113 cm³/mol. The van der Waals surface area contributed by atoms with Crippen LogP contribution in [0, 0.1) is 20.8 Å². The number of hydrogen-bond donors (Lipinski definition) is 1. The Bertz CT molecular complexity index is 1050. The van der Waals surface area contributed by atoms with E-state index in [9.17, 15) is 4.79 Å². The second kappa shape index (κ2) is 8.31. The van der Waals surface area contributed by atoms with E-state index in [0.717, 1.165) is 28.2 Å². The van der Waals surface area contributed by atoms with Gasteiger partial charge < -0.3 is 9.30 Å². The van der Waals surface area contributed by atoms with E-state index in [4.69, 9.17) is 16.3 Å². The lowest BCUT2D eigenvalue weighted by atomic mass is 10.1. The normalized spacial score (nSPS) is 11.0. The molecule has 3 aromatic rings. The van der Waals surface area contributed by atoms with Gasteiger partial charge in [0.1, 0.15) is 5.75 Å². The van der Waals surface area contributed by atoms with Crippen molar-refractivity contribution in [1.82, 2.24) is 9.99 Å². The summed E-state index contributed by atoms with van der Waals surface area (Å²) in [5.74, 6) is 0.393. The number of carbonyl (C=O) groups is 1. The Hall–Kier alpha value is -3.05. The monoisotopic (exact) mass is 395 g/mol. The minimum atomic E-state index is -0.240. The molecular formula is C22H22ClN3O2. The van der Waals surface area contributed by atoms with Crippen molar-refractivity contribution >= 4 is 23.7 Å². The van der Waals surface area contributed by atoms with Crippen LogP contribution in [0.15, 0.2) is 53.6 Å². The van der Waals surface area contributed by atoms with Gasteiger partial charge in [0.2, 0.25) is 0 Å². The van der Waals surface area contributed by atoms with E-state index in [-0.39, 0.29) is 5.91 Å². The molecule has 1 amide bonds. The highest BCUT2D eigenvalue weighted by atomic mass is 35.5. The number of nitrogens with one attached hydrogen (secondary N) is 1. The van der Waals surface area contributed by atoms with Gasteiger partial charge >= 0.3 is 0 Å². The maximum Gasteiger partial charge on any atom is 0.271 e. The Morgan fingerprint density at radius 3 is 2.61 bits per heavy atom. The average molecular weight is 396 g/mol. The van der Waals surface area contributed by atoms with Gasteiger partial charge in [-0.25, -0.2) is 5.43 Å². The molecular weight excluding hydrogens is 374 g/mol. The fourth-order valence-electron chi connectivity index (χ4n) is 3.12. The first-order valence-corrected chi connectivity index (χ1v) is 9.21. The Balaban J connectivity index is 1.81. The molecule has 0 radical (unpaired) electrons. The molecule has 0 unspecified atom stereocenters. The number of hydrazone groups is 1. The molecule has 0 aliphatic heterocycles. The van der Waals surface area contributed by atoms with Crippen molar-refractivity contribution in [2.24, 2.45) is 5.10 Å². The lowest BCUT2D eigenvalue weighted by molar-refractivity contribution is 0.0955. The Morgan fingerprint density at radius 1 is 1.14 bits per heavy atom. The van der Waals surface area contributed by atoms with Gasteiger partial charge in [0.25, 0.3) is 5.91 Å². The molecule has 0 aliphatic rings. The number of methoxy groups -OCH3 is 1. The first kappa shape index (κ1) is 19.7. The van der Waals surface area contributed by atoms with Crippen LogP contribution in [0.3, 0.4) is 0 Å². The fraction of sp³-hybridized carbons (Fsp3) is 0.182. The van der Waals surface area contributed by atoms with Gasteiger partial charge in [0.15, 0.2) is 0 Å². The van der Waals surface area contributed by atoms with E-state index in [1.807, 2.05) is 63.2 Å². The summed E-state index contributed by atoms with van der Waals surface area (Å²) in [5, 5.41) is 4.67. The third-order valence-electron chi connectivity index (χ3n) is 4.51. The van der Waals surface area contributed by atoms with Gasteiger partial charge in [0, 0.05) is 28.2 Å². The van der Waals surface area contributed by atoms with E-state index in [1.54, 1.807) is 19.4 Å². The number of aryl methyl sites for hydroxylation is 2. The zero-order valence-corrected chi connectivity index (χ0v) is 17.0. The molecule has 0 fully saturated rings. The maximum absolute atomic E-state index is 12.2. The third-order valence-corrected chi connectivity index (χ3v) is 4.81. The Morgan fingerprint density at radius 2 is 1.93 bits per heavy atom. The maximum atomic E-state index is 12.2. The van der Waals surface area contributed by atoms with Gasteiger partial charge in [-0.2, -0.15) is 5.10 Å². The molecule has 1 heterocycles. The van der Waals surface area contributed by atoms with Crippen molar-refractivity contribution in [1.29, 1.82) is 0 Å². The summed E-state index contributed by atoms with van der Waals surface area (Å²) in [6.45, 7) is 5.95. The van der Waals surface area contributed by atoms with Crippen LogP contribution >= 0.6 is 11.6 Å². The predicted octanol–water partition coefficient (Wildman–Crippen LogP) is 4.83. The fourth-order valence-corrected chi connectivity index (χ4v) is 3.37.